The van der Waals surface area contributed by atoms with E-state index in [-0.39, 0.29) is 17.4 Å². The van der Waals surface area contributed by atoms with Crippen LogP contribution in [-0.2, 0) is 0 Å². The molecule has 0 radical (unpaired) electrons. The number of nitrogens with zero attached hydrogens (tertiary/aromatic N) is 3. The molecule has 0 spiro atoms. The molecule has 0 aliphatic carbocycles. The fraction of sp³-hybridized carbons (Fsp3) is 0.154. The number of hydrogen-bond donors (Lipinski definition) is 2. The fourth-order valence-corrected chi connectivity index (χ4v) is 2.09. The first-order chi connectivity index (χ1) is 9.16. The molecule has 19 heavy (non-hydrogen) atoms. The minimum atomic E-state index is -0.258. The van der Waals surface area contributed by atoms with E-state index in [0.717, 1.165) is 5.56 Å². The van der Waals surface area contributed by atoms with Gasteiger partial charge in [-0.05, 0) is 24.6 Å². The van der Waals surface area contributed by atoms with E-state index in [1.54, 1.807) is 29.1 Å². The molecule has 0 unspecified atom stereocenters. The van der Waals surface area contributed by atoms with Crippen LogP contribution in [0.1, 0.15) is 18.5 Å². The van der Waals surface area contributed by atoms with E-state index < -0.39 is 0 Å². The zero-order valence-corrected chi connectivity index (χ0v) is 10.2. The van der Waals surface area contributed by atoms with Crippen LogP contribution in [0.5, 0.6) is 5.75 Å². The van der Waals surface area contributed by atoms with E-state index in [1.165, 1.54) is 6.33 Å². The smallest absolute Gasteiger partial charge is 0.278 e. The van der Waals surface area contributed by atoms with E-state index in [2.05, 4.69) is 15.0 Å². The van der Waals surface area contributed by atoms with Gasteiger partial charge in [0.25, 0.3) is 5.56 Å². The molecule has 0 fully saturated rings. The van der Waals surface area contributed by atoms with Gasteiger partial charge < -0.3 is 14.7 Å². The van der Waals surface area contributed by atoms with Gasteiger partial charge in [-0.3, -0.25) is 4.79 Å². The summed E-state index contributed by atoms with van der Waals surface area (Å²) < 4.78 is 1.80. The first-order valence-corrected chi connectivity index (χ1v) is 5.86. The highest BCUT2D eigenvalue weighted by atomic mass is 16.3. The van der Waals surface area contributed by atoms with Crippen molar-refractivity contribution in [2.45, 2.75) is 13.0 Å². The molecule has 6 nitrogen and oxygen atoms in total. The maximum atomic E-state index is 11.6. The van der Waals surface area contributed by atoms with Gasteiger partial charge in [-0.1, -0.05) is 12.1 Å². The largest absolute Gasteiger partial charge is 0.508 e. The Balaban J connectivity index is 2.14. The van der Waals surface area contributed by atoms with E-state index in [0.29, 0.717) is 11.2 Å². The van der Waals surface area contributed by atoms with Crippen LogP contribution in [-0.4, -0.2) is 24.6 Å². The molecule has 96 valence electrons. The summed E-state index contributed by atoms with van der Waals surface area (Å²) in [6.07, 6.45) is 2.94. The molecular weight excluding hydrogens is 244 g/mol. The van der Waals surface area contributed by atoms with E-state index in [4.69, 9.17) is 0 Å². The number of imidazole rings is 1. The Morgan fingerprint density at radius 1 is 1.37 bits per heavy atom. The molecule has 2 heterocycles. The molecule has 0 saturated heterocycles. The second-order valence-corrected chi connectivity index (χ2v) is 4.33. The summed E-state index contributed by atoms with van der Waals surface area (Å²) in [5.74, 6) is 0.208. The summed E-state index contributed by atoms with van der Waals surface area (Å²) in [5, 5.41) is 9.52. The summed E-state index contributed by atoms with van der Waals surface area (Å²) in [6, 6.07) is 6.91. The molecule has 0 saturated carbocycles. The molecule has 6 heteroatoms. The number of hydrogen-bond acceptors (Lipinski definition) is 4. The van der Waals surface area contributed by atoms with Gasteiger partial charge in [-0.15, -0.1) is 0 Å². The van der Waals surface area contributed by atoms with Crippen molar-refractivity contribution in [2.75, 3.05) is 0 Å². The standard InChI is InChI=1S/C13H12N4O2/c1-8(9-3-2-4-10(18)5-9)17-7-16-11-12(17)14-6-15-13(11)19/h2-8,18H,1H3,(H,14,15,19)/t8-/m1/s1. The number of fused-ring (bicyclic) bond motifs is 1. The second kappa shape index (κ2) is 4.24. The monoisotopic (exact) mass is 256 g/mol. The van der Waals surface area contributed by atoms with Crippen molar-refractivity contribution >= 4 is 11.2 Å². The lowest BCUT2D eigenvalue weighted by molar-refractivity contribution is 0.473. The first-order valence-electron chi connectivity index (χ1n) is 5.86. The Kier molecular flexibility index (Phi) is 2.56. The lowest BCUT2D eigenvalue weighted by Gasteiger charge is -2.14. The number of aromatic amines is 1. The lowest BCUT2D eigenvalue weighted by atomic mass is 10.1. The molecule has 0 aliphatic heterocycles. The van der Waals surface area contributed by atoms with E-state index >= 15 is 0 Å². The van der Waals surface area contributed by atoms with Gasteiger partial charge in [-0.2, -0.15) is 0 Å². The van der Waals surface area contributed by atoms with E-state index in [9.17, 15) is 9.90 Å². The minimum Gasteiger partial charge on any atom is -0.508 e. The zero-order valence-electron chi connectivity index (χ0n) is 10.2. The van der Waals surface area contributed by atoms with Gasteiger partial charge in [-0.25, -0.2) is 9.97 Å². The number of phenolic OH excluding ortho intramolecular Hbond substituents is 1. The van der Waals surface area contributed by atoms with Gasteiger partial charge in [0.1, 0.15) is 5.75 Å². The quantitative estimate of drug-likeness (QED) is 0.726. The molecule has 0 amide bonds. The molecule has 3 aromatic rings. The van der Waals surface area contributed by atoms with Crippen molar-refractivity contribution in [1.82, 2.24) is 19.5 Å². The van der Waals surface area contributed by atoms with Gasteiger partial charge in [0.2, 0.25) is 0 Å². The first kappa shape index (κ1) is 11.5. The van der Waals surface area contributed by atoms with Crippen molar-refractivity contribution in [3.8, 4) is 5.75 Å². The predicted octanol–water partition coefficient (Wildman–Crippen LogP) is 1.43. The van der Waals surface area contributed by atoms with E-state index in [1.807, 2.05) is 13.0 Å². The molecule has 3 rings (SSSR count). The van der Waals surface area contributed by atoms with Crippen LogP contribution < -0.4 is 5.56 Å². The third kappa shape index (κ3) is 1.87. The minimum absolute atomic E-state index is 0.0774. The SMILES string of the molecule is C[C@H](c1cccc(O)c1)n1cnc2c(=O)[nH]cnc21. The zero-order chi connectivity index (χ0) is 13.4. The Hall–Kier alpha value is -2.63. The van der Waals surface area contributed by atoms with Crippen molar-refractivity contribution in [3.05, 3.63) is 52.8 Å². The average molecular weight is 256 g/mol. The van der Waals surface area contributed by atoms with Crippen LogP contribution in [0.15, 0.2) is 41.7 Å². The highest BCUT2D eigenvalue weighted by molar-refractivity contribution is 5.69. The number of nitrogens with one attached hydrogen (secondary N) is 1. The molecule has 2 aromatic heterocycles. The molecule has 1 aromatic carbocycles. The molecule has 0 bridgehead atoms. The fourth-order valence-electron chi connectivity index (χ4n) is 2.09. The predicted molar refractivity (Wildman–Crippen MR) is 70.1 cm³/mol. The number of phenols is 1. The summed E-state index contributed by atoms with van der Waals surface area (Å²) in [7, 11) is 0. The lowest BCUT2D eigenvalue weighted by Crippen LogP contribution is -2.10. The number of H-pyrrole nitrogens is 1. The molecule has 1 atom stereocenters. The number of rotatable bonds is 2. The molecular formula is C13H12N4O2. The molecule has 2 N–H and O–H groups in total. The van der Waals surface area contributed by atoms with Crippen molar-refractivity contribution in [2.24, 2.45) is 0 Å². The normalized spacial score (nSPS) is 12.7. The maximum absolute atomic E-state index is 11.6. The Morgan fingerprint density at radius 2 is 2.21 bits per heavy atom. The maximum Gasteiger partial charge on any atom is 0.278 e. The number of aromatic hydroxyl groups is 1. The summed E-state index contributed by atoms with van der Waals surface area (Å²) >= 11 is 0. The van der Waals surface area contributed by atoms with Gasteiger partial charge >= 0.3 is 0 Å². The Labute approximate surface area is 108 Å². The Bertz CT molecular complexity index is 790. The van der Waals surface area contributed by atoms with Crippen LogP contribution in [0.25, 0.3) is 11.2 Å². The second-order valence-electron chi connectivity index (χ2n) is 4.33. The summed E-state index contributed by atoms with van der Waals surface area (Å²) in [6.45, 7) is 1.96. The van der Waals surface area contributed by atoms with Crippen LogP contribution in [0.4, 0.5) is 0 Å². The average Bonchev–Trinajstić information content (AvgIpc) is 2.83. The van der Waals surface area contributed by atoms with Gasteiger partial charge in [0.15, 0.2) is 11.2 Å². The van der Waals surface area contributed by atoms with Crippen LogP contribution in [0, 0.1) is 0 Å². The van der Waals surface area contributed by atoms with Crippen molar-refractivity contribution in [1.29, 1.82) is 0 Å². The van der Waals surface area contributed by atoms with Crippen molar-refractivity contribution in [3.63, 3.8) is 0 Å². The van der Waals surface area contributed by atoms with Crippen LogP contribution >= 0.6 is 0 Å². The third-order valence-corrected chi connectivity index (χ3v) is 3.14. The number of benzene rings is 1. The third-order valence-electron chi connectivity index (χ3n) is 3.14. The van der Waals surface area contributed by atoms with Crippen LogP contribution in [0.2, 0.25) is 0 Å². The topological polar surface area (TPSA) is 83.8 Å². The summed E-state index contributed by atoms with van der Waals surface area (Å²) in [5.41, 5.74) is 1.50. The molecule has 0 aliphatic rings. The van der Waals surface area contributed by atoms with Gasteiger partial charge in [0.05, 0.1) is 18.7 Å². The highest BCUT2D eigenvalue weighted by Crippen LogP contribution is 2.23. The highest BCUT2D eigenvalue weighted by Gasteiger charge is 2.14. The summed E-state index contributed by atoms with van der Waals surface area (Å²) in [4.78, 5) is 22.3. The Morgan fingerprint density at radius 3 is 3.00 bits per heavy atom. The number of aromatic nitrogens is 4. The van der Waals surface area contributed by atoms with Crippen molar-refractivity contribution < 1.29 is 5.11 Å². The van der Waals surface area contributed by atoms with Crippen LogP contribution in [0.3, 0.4) is 0 Å². The van der Waals surface area contributed by atoms with Gasteiger partial charge in [0, 0.05) is 0 Å².